The van der Waals surface area contributed by atoms with Gasteiger partial charge in [0.15, 0.2) is 0 Å². The maximum atomic E-state index is 9.32. The smallest absolute Gasteiger partial charge is 0.432 e. The Hall–Kier alpha value is -0.770. The van der Waals surface area contributed by atoms with Crippen LogP contribution < -0.4 is 5.73 Å². The average molecular weight is 125 g/mol. The van der Waals surface area contributed by atoms with Gasteiger partial charge in [-0.15, -0.1) is 12.4 Å². The van der Waals surface area contributed by atoms with Gasteiger partial charge in [-0.2, -0.15) is 4.99 Å². The van der Waals surface area contributed by atoms with E-state index in [0.717, 1.165) is 6.34 Å². The SMILES string of the molecule is Cl.N/C=N/C(=O)O. The Morgan fingerprint density at radius 2 is 2.29 bits per heavy atom. The monoisotopic (exact) mass is 124 g/mol. The normalized spacial score (nSPS) is 8.00. The van der Waals surface area contributed by atoms with E-state index in [2.05, 4.69) is 10.7 Å². The molecule has 0 aromatic heterocycles. The van der Waals surface area contributed by atoms with E-state index < -0.39 is 6.09 Å². The summed E-state index contributed by atoms with van der Waals surface area (Å²) in [5.74, 6) is 0. The van der Waals surface area contributed by atoms with Crippen molar-refractivity contribution in [1.82, 2.24) is 0 Å². The Labute approximate surface area is 46.4 Å². The minimum Gasteiger partial charge on any atom is -0.463 e. The van der Waals surface area contributed by atoms with Gasteiger partial charge in [0.05, 0.1) is 6.34 Å². The lowest BCUT2D eigenvalue weighted by Gasteiger charge is -1.69. The van der Waals surface area contributed by atoms with Crippen LogP contribution in [0.3, 0.4) is 0 Å². The third-order valence-electron chi connectivity index (χ3n) is 0.185. The standard InChI is InChI=1S/C2H4N2O2.ClH/c3-1-4-2(5)6;/h1H,(H2,3,4)(H,5,6);1H. The summed E-state index contributed by atoms with van der Waals surface area (Å²) < 4.78 is 0. The maximum absolute atomic E-state index is 9.32. The second kappa shape index (κ2) is 5.23. The van der Waals surface area contributed by atoms with Gasteiger partial charge in [-0.05, 0) is 0 Å². The molecule has 0 saturated heterocycles. The fourth-order valence-corrected chi connectivity index (χ4v) is 0.0638. The van der Waals surface area contributed by atoms with Crippen molar-refractivity contribution in [2.75, 3.05) is 0 Å². The molecule has 5 heteroatoms. The van der Waals surface area contributed by atoms with Gasteiger partial charge in [0.2, 0.25) is 0 Å². The van der Waals surface area contributed by atoms with Gasteiger partial charge >= 0.3 is 6.09 Å². The molecule has 0 aliphatic rings. The van der Waals surface area contributed by atoms with Crippen molar-refractivity contribution >= 4 is 24.8 Å². The Bertz CT molecular complexity index is 81.8. The Morgan fingerprint density at radius 3 is 2.29 bits per heavy atom. The van der Waals surface area contributed by atoms with Gasteiger partial charge in [-0.25, -0.2) is 4.79 Å². The molecule has 0 aliphatic heterocycles. The van der Waals surface area contributed by atoms with E-state index in [-0.39, 0.29) is 12.4 Å². The molecule has 7 heavy (non-hydrogen) atoms. The quantitative estimate of drug-likeness (QED) is 0.355. The van der Waals surface area contributed by atoms with Crippen LogP contribution in [0, 0.1) is 0 Å². The van der Waals surface area contributed by atoms with Crippen LogP contribution in [0.1, 0.15) is 0 Å². The molecule has 0 aromatic rings. The van der Waals surface area contributed by atoms with Crippen molar-refractivity contribution in [3.05, 3.63) is 0 Å². The largest absolute Gasteiger partial charge is 0.463 e. The first-order valence-electron chi connectivity index (χ1n) is 1.24. The molecule has 1 amide bonds. The van der Waals surface area contributed by atoms with Gasteiger partial charge < -0.3 is 10.8 Å². The van der Waals surface area contributed by atoms with E-state index >= 15 is 0 Å². The highest BCUT2D eigenvalue weighted by molar-refractivity contribution is 5.85. The molecule has 0 bridgehead atoms. The molecule has 0 fully saturated rings. The van der Waals surface area contributed by atoms with Crippen LogP contribution >= 0.6 is 12.4 Å². The topological polar surface area (TPSA) is 75.7 Å². The van der Waals surface area contributed by atoms with Crippen LogP contribution in [0.4, 0.5) is 4.79 Å². The van der Waals surface area contributed by atoms with Crippen LogP contribution in [0.25, 0.3) is 0 Å². The molecule has 0 saturated carbocycles. The van der Waals surface area contributed by atoms with Crippen LogP contribution in [0.5, 0.6) is 0 Å². The zero-order valence-corrected chi connectivity index (χ0v) is 4.18. The van der Waals surface area contributed by atoms with Crippen molar-refractivity contribution in [3.8, 4) is 0 Å². The predicted molar refractivity (Wildman–Crippen MR) is 28.0 cm³/mol. The summed E-state index contributed by atoms with van der Waals surface area (Å²) in [6, 6.07) is 0. The third-order valence-corrected chi connectivity index (χ3v) is 0.185. The molecule has 0 atom stereocenters. The number of hydrogen-bond acceptors (Lipinski definition) is 1. The molecule has 0 spiro atoms. The van der Waals surface area contributed by atoms with Crippen molar-refractivity contribution < 1.29 is 9.90 Å². The Kier molecular flexibility index (Phi) is 7.12. The second-order valence-electron chi connectivity index (χ2n) is 0.561. The van der Waals surface area contributed by atoms with Crippen LogP contribution in [0.2, 0.25) is 0 Å². The fraction of sp³-hybridized carbons (Fsp3) is 0. The molecule has 0 heterocycles. The first-order chi connectivity index (χ1) is 2.77. The fourth-order valence-electron chi connectivity index (χ4n) is 0.0638. The summed E-state index contributed by atoms with van der Waals surface area (Å²) in [6.07, 6.45) is -0.542. The summed E-state index contributed by atoms with van der Waals surface area (Å²) in [7, 11) is 0. The highest BCUT2D eigenvalue weighted by Gasteiger charge is 1.78. The van der Waals surface area contributed by atoms with Gasteiger partial charge in [-0.3, -0.25) is 0 Å². The minimum atomic E-state index is -1.27. The Balaban J connectivity index is 0. The van der Waals surface area contributed by atoms with Crippen molar-refractivity contribution in [3.63, 3.8) is 0 Å². The van der Waals surface area contributed by atoms with E-state index in [1.165, 1.54) is 0 Å². The van der Waals surface area contributed by atoms with Crippen molar-refractivity contribution in [2.45, 2.75) is 0 Å². The number of aliphatic imine (C=N–C) groups is 1. The van der Waals surface area contributed by atoms with E-state index in [1.807, 2.05) is 0 Å². The Morgan fingerprint density at radius 1 is 1.86 bits per heavy atom. The molecule has 0 aromatic carbocycles. The summed E-state index contributed by atoms with van der Waals surface area (Å²) in [5.41, 5.74) is 4.56. The lowest BCUT2D eigenvalue weighted by atomic mass is 11.2. The number of rotatable bonds is 0. The number of halogens is 1. The third kappa shape index (κ3) is 11.0. The zero-order valence-electron chi connectivity index (χ0n) is 3.37. The van der Waals surface area contributed by atoms with Crippen molar-refractivity contribution in [2.24, 2.45) is 10.7 Å². The van der Waals surface area contributed by atoms with Gasteiger partial charge in [0, 0.05) is 0 Å². The molecule has 0 radical (unpaired) electrons. The first-order valence-corrected chi connectivity index (χ1v) is 1.24. The number of nitrogens with two attached hydrogens (primary N) is 1. The average Bonchev–Trinajstić information content (AvgIpc) is 1.35. The number of nitrogens with zero attached hydrogens (tertiary/aromatic N) is 1. The molecule has 0 aliphatic carbocycles. The first kappa shape index (κ1) is 9.52. The van der Waals surface area contributed by atoms with E-state index in [0.29, 0.717) is 0 Å². The van der Waals surface area contributed by atoms with Gasteiger partial charge in [-0.1, -0.05) is 0 Å². The highest BCUT2D eigenvalue weighted by Crippen LogP contribution is 1.61. The lowest BCUT2D eigenvalue weighted by molar-refractivity contribution is 0.206. The zero-order chi connectivity index (χ0) is 4.99. The molecule has 4 nitrogen and oxygen atoms in total. The molecule has 0 rings (SSSR count). The molecule has 0 unspecified atom stereocenters. The molecule has 3 N–H and O–H groups in total. The number of carboxylic acid groups (broad SMARTS) is 1. The van der Waals surface area contributed by atoms with Crippen LogP contribution in [-0.4, -0.2) is 17.5 Å². The minimum absolute atomic E-state index is 0. The summed E-state index contributed by atoms with van der Waals surface area (Å²) >= 11 is 0. The number of carbonyl (C=O) groups is 1. The summed E-state index contributed by atoms with van der Waals surface area (Å²) in [5, 5.41) is 7.64. The van der Waals surface area contributed by atoms with E-state index in [9.17, 15) is 4.79 Å². The molecular weight excluding hydrogens is 119 g/mol. The summed E-state index contributed by atoms with van der Waals surface area (Å²) in [4.78, 5) is 12.0. The van der Waals surface area contributed by atoms with Crippen LogP contribution in [0.15, 0.2) is 4.99 Å². The summed E-state index contributed by atoms with van der Waals surface area (Å²) in [6.45, 7) is 0. The second-order valence-corrected chi connectivity index (χ2v) is 0.561. The van der Waals surface area contributed by atoms with E-state index in [1.54, 1.807) is 0 Å². The molecule has 42 valence electrons. The maximum Gasteiger partial charge on any atom is 0.432 e. The molecular formula is C2H5ClN2O2. The highest BCUT2D eigenvalue weighted by atomic mass is 35.5. The lowest BCUT2D eigenvalue weighted by Crippen LogP contribution is -1.93. The van der Waals surface area contributed by atoms with Gasteiger partial charge in [0.25, 0.3) is 0 Å². The van der Waals surface area contributed by atoms with Gasteiger partial charge in [0.1, 0.15) is 0 Å². The number of hydrogen-bond donors (Lipinski definition) is 2. The predicted octanol–water partition coefficient (Wildman–Crippen LogP) is 0.0732. The number of amides is 1. The van der Waals surface area contributed by atoms with Crippen LogP contribution in [-0.2, 0) is 0 Å². The van der Waals surface area contributed by atoms with E-state index in [4.69, 9.17) is 5.11 Å². The van der Waals surface area contributed by atoms with Crippen molar-refractivity contribution in [1.29, 1.82) is 0 Å².